The molecule has 20 heavy (non-hydrogen) atoms. The summed E-state index contributed by atoms with van der Waals surface area (Å²) < 4.78 is 0. The number of oxime groups is 1. The van der Waals surface area contributed by atoms with E-state index in [1.807, 2.05) is 48.5 Å². The number of rotatable bonds is 3. The maximum atomic E-state index is 9.97. The third kappa shape index (κ3) is 2.89. The Bertz CT molecular complexity index is 580. The Kier molecular flexibility index (Phi) is 3.79. The Balaban J connectivity index is 1.75. The van der Waals surface area contributed by atoms with Crippen molar-refractivity contribution in [3.05, 3.63) is 71.8 Å². The smallest absolute Gasteiger partial charge is 0.227 e. The van der Waals surface area contributed by atoms with E-state index in [9.17, 15) is 5.11 Å². The Morgan fingerprint density at radius 3 is 2.35 bits per heavy atom. The third-order valence-corrected chi connectivity index (χ3v) is 3.58. The molecule has 1 aliphatic rings. The standard InChI is InChI=1S/C17H17NO2/c19-17-15(11-13-7-3-1-4-8-13)12-16(18-20-17)14-9-5-2-6-10-14/h1-10,15,17,19H,11-12H2. The number of nitrogens with zero attached hydrogens (tertiary/aromatic N) is 1. The lowest BCUT2D eigenvalue weighted by molar-refractivity contribution is -0.140. The SMILES string of the molecule is OC1ON=C(c2ccccc2)CC1Cc1ccccc1. The molecule has 102 valence electrons. The first-order chi connectivity index (χ1) is 9.83. The van der Waals surface area contributed by atoms with Gasteiger partial charge < -0.3 is 9.94 Å². The van der Waals surface area contributed by atoms with Gasteiger partial charge in [0.15, 0.2) is 0 Å². The molecule has 0 amide bonds. The van der Waals surface area contributed by atoms with Crippen molar-refractivity contribution in [2.45, 2.75) is 19.1 Å². The molecular formula is C17H17NO2. The monoisotopic (exact) mass is 267 g/mol. The maximum Gasteiger partial charge on any atom is 0.227 e. The minimum absolute atomic E-state index is 0.0325. The largest absolute Gasteiger partial charge is 0.363 e. The van der Waals surface area contributed by atoms with Gasteiger partial charge in [0.25, 0.3) is 0 Å². The average molecular weight is 267 g/mol. The van der Waals surface area contributed by atoms with Gasteiger partial charge in [-0.05, 0) is 17.5 Å². The molecule has 3 rings (SSSR count). The third-order valence-electron chi connectivity index (χ3n) is 3.58. The summed E-state index contributed by atoms with van der Waals surface area (Å²) in [5.41, 5.74) is 3.16. The van der Waals surface area contributed by atoms with Crippen molar-refractivity contribution in [1.29, 1.82) is 0 Å². The first-order valence-electron chi connectivity index (χ1n) is 6.83. The summed E-state index contributed by atoms with van der Waals surface area (Å²) in [6, 6.07) is 20.1. The van der Waals surface area contributed by atoms with Gasteiger partial charge >= 0.3 is 0 Å². The molecule has 3 heteroatoms. The molecule has 2 aromatic carbocycles. The van der Waals surface area contributed by atoms with Gasteiger partial charge in [0.2, 0.25) is 6.29 Å². The van der Waals surface area contributed by atoms with Crippen LogP contribution >= 0.6 is 0 Å². The summed E-state index contributed by atoms with van der Waals surface area (Å²) in [4.78, 5) is 5.17. The van der Waals surface area contributed by atoms with Crippen LogP contribution in [0.3, 0.4) is 0 Å². The van der Waals surface area contributed by atoms with Crippen molar-refractivity contribution >= 4 is 5.71 Å². The van der Waals surface area contributed by atoms with Gasteiger partial charge in [0, 0.05) is 12.3 Å². The van der Waals surface area contributed by atoms with Crippen LogP contribution in [-0.4, -0.2) is 17.1 Å². The summed E-state index contributed by atoms with van der Waals surface area (Å²) in [5, 5.41) is 14.0. The van der Waals surface area contributed by atoms with Gasteiger partial charge in [-0.1, -0.05) is 65.8 Å². The van der Waals surface area contributed by atoms with Crippen LogP contribution in [0.25, 0.3) is 0 Å². The van der Waals surface area contributed by atoms with Crippen molar-refractivity contribution in [3.8, 4) is 0 Å². The topological polar surface area (TPSA) is 41.8 Å². The Morgan fingerprint density at radius 1 is 1.00 bits per heavy atom. The summed E-state index contributed by atoms with van der Waals surface area (Å²) in [6.07, 6.45) is 0.677. The molecule has 0 saturated carbocycles. The van der Waals surface area contributed by atoms with Gasteiger partial charge in [0.1, 0.15) is 0 Å². The highest BCUT2D eigenvalue weighted by molar-refractivity contribution is 6.00. The normalized spacial score (nSPS) is 21.9. The minimum Gasteiger partial charge on any atom is -0.363 e. The number of aliphatic hydroxyl groups is 1. The lowest BCUT2D eigenvalue weighted by Gasteiger charge is -2.26. The highest BCUT2D eigenvalue weighted by atomic mass is 16.7. The Labute approximate surface area is 118 Å². The first kappa shape index (κ1) is 12.9. The van der Waals surface area contributed by atoms with E-state index in [0.717, 1.165) is 24.1 Å². The molecule has 2 unspecified atom stereocenters. The molecule has 0 radical (unpaired) electrons. The highest BCUT2D eigenvalue weighted by Gasteiger charge is 2.28. The zero-order chi connectivity index (χ0) is 13.8. The van der Waals surface area contributed by atoms with Gasteiger partial charge in [-0.2, -0.15) is 0 Å². The number of hydrogen-bond donors (Lipinski definition) is 1. The van der Waals surface area contributed by atoms with Crippen LogP contribution in [0.1, 0.15) is 17.5 Å². The zero-order valence-corrected chi connectivity index (χ0v) is 11.1. The van der Waals surface area contributed by atoms with E-state index >= 15 is 0 Å². The van der Waals surface area contributed by atoms with Crippen LogP contribution in [0.2, 0.25) is 0 Å². The molecule has 0 spiro atoms. The van der Waals surface area contributed by atoms with E-state index in [-0.39, 0.29) is 5.92 Å². The lowest BCUT2D eigenvalue weighted by atomic mass is 9.90. The molecule has 3 nitrogen and oxygen atoms in total. The average Bonchev–Trinajstić information content (AvgIpc) is 2.51. The van der Waals surface area contributed by atoms with E-state index in [2.05, 4.69) is 17.3 Å². The van der Waals surface area contributed by atoms with Crippen molar-refractivity contribution in [3.63, 3.8) is 0 Å². The number of hydrogen-bond acceptors (Lipinski definition) is 3. The molecule has 1 N–H and O–H groups in total. The van der Waals surface area contributed by atoms with Crippen LogP contribution in [0.5, 0.6) is 0 Å². The van der Waals surface area contributed by atoms with Gasteiger partial charge in [0.05, 0.1) is 5.71 Å². The summed E-state index contributed by atoms with van der Waals surface area (Å²) in [7, 11) is 0. The second-order valence-electron chi connectivity index (χ2n) is 5.05. The second kappa shape index (κ2) is 5.88. The quantitative estimate of drug-likeness (QED) is 0.929. The van der Waals surface area contributed by atoms with Gasteiger partial charge in [-0.25, -0.2) is 0 Å². The molecule has 1 aliphatic heterocycles. The Hall–Kier alpha value is -2.13. The lowest BCUT2D eigenvalue weighted by Crippen LogP contribution is -2.31. The van der Waals surface area contributed by atoms with Gasteiger partial charge in [-0.3, -0.25) is 0 Å². The van der Waals surface area contributed by atoms with E-state index in [1.165, 1.54) is 5.56 Å². The van der Waals surface area contributed by atoms with Crippen LogP contribution in [0.4, 0.5) is 0 Å². The second-order valence-corrected chi connectivity index (χ2v) is 5.05. The van der Waals surface area contributed by atoms with Crippen LogP contribution in [0.15, 0.2) is 65.8 Å². The molecule has 2 aromatic rings. The predicted molar refractivity (Wildman–Crippen MR) is 78.3 cm³/mol. The van der Waals surface area contributed by atoms with E-state index in [0.29, 0.717) is 0 Å². The fourth-order valence-electron chi connectivity index (χ4n) is 2.48. The summed E-state index contributed by atoms with van der Waals surface area (Å²) >= 11 is 0. The molecule has 1 heterocycles. The molecule has 0 aliphatic carbocycles. The number of aliphatic hydroxyl groups excluding tert-OH is 1. The van der Waals surface area contributed by atoms with Crippen LogP contribution in [0, 0.1) is 5.92 Å². The van der Waals surface area contributed by atoms with E-state index in [4.69, 9.17) is 4.84 Å². The van der Waals surface area contributed by atoms with Crippen molar-refractivity contribution in [1.82, 2.24) is 0 Å². The minimum atomic E-state index is -0.831. The highest BCUT2D eigenvalue weighted by Crippen LogP contribution is 2.24. The molecule has 0 saturated heterocycles. The Morgan fingerprint density at radius 2 is 1.65 bits per heavy atom. The number of benzene rings is 2. The van der Waals surface area contributed by atoms with E-state index in [1.54, 1.807) is 0 Å². The maximum absolute atomic E-state index is 9.97. The predicted octanol–water partition coefficient (Wildman–Crippen LogP) is 2.99. The van der Waals surface area contributed by atoms with Crippen LogP contribution < -0.4 is 0 Å². The van der Waals surface area contributed by atoms with Crippen molar-refractivity contribution < 1.29 is 9.94 Å². The molecule has 0 fully saturated rings. The molecule has 0 aromatic heterocycles. The van der Waals surface area contributed by atoms with Crippen molar-refractivity contribution in [2.24, 2.45) is 11.1 Å². The van der Waals surface area contributed by atoms with Crippen LogP contribution in [-0.2, 0) is 11.3 Å². The first-order valence-corrected chi connectivity index (χ1v) is 6.83. The van der Waals surface area contributed by atoms with Gasteiger partial charge in [-0.15, -0.1) is 0 Å². The zero-order valence-electron chi connectivity index (χ0n) is 11.1. The molecule has 0 bridgehead atoms. The van der Waals surface area contributed by atoms with E-state index < -0.39 is 6.29 Å². The van der Waals surface area contributed by atoms with Crippen molar-refractivity contribution in [2.75, 3.05) is 0 Å². The fourth-order valence-corrected chi connectivity index (χ4v) is 2.48. The fraction of sp³-hybridized carbons (Fsp3) is 0.235. The summed E-state index contributed by atoms with van der Waals surface area (Å²) in [6.45, 7) is 0. The summed E-state index contributed by atoms with van der Waals surface area (Å²) in [5.74, 6) is 0.0325. The molecular weight excluding hydrogens is 250 g/mol. The molecule has 2 atom stereocenters.